The highest BCUT2D eigenvalue weighted by Crippen LogP contribution is 2.28. The lowest BCUT2D eigenvalue weighted by Crippen LogP contribution is -2.22. The molecule has 0 aromatic heterocycles. The van der Waals surface area contributed by atoms with E-state index in [4.69, 9.17) is 14.2 Å². The van der Waals surface area contributed by atoms with E-state index in [1.54, 1.807) is 6.92 Å². The number of ether oxygens (including phenoxy) is 3. The van der Waals surface area contributed by atoms with Crippen LogP contribution in [0.3, 0.4) is 0 Å². The summed E-state index contributed by atoms with van der Waals surface area (Å²) in [7, 11) is 1.32. The molecule has 31 heavy (non-hydrogen) atoms. The molecule has 2 unspecified atom stereocenters. The molecule has 0 saturated heterocycles. The van der Waals surface area contributed by atoms with E-state index in [0.29, 0.717) is 18.6 Å². The molecule has 1 aromatic carbocycles. The first-order valence-corrected chi connectivity index (χ1v) is 11.4. The van der Waals surface area contributed by atoms with Crippen molar-refractivity contribution in [1.29, 1.82) is 0 Å². The van der Waals surface area contributed by atoms with Crippen LogP contribution in [0.1, 0.15) is 73.3 Å². The van der Waals surface area contributed by atoms with Crippen LogP contribution in [-0.4, -0.2) is 26.4 Å². The summed E-state index contributed by atoms with van der Waals surface area (Å²) in [5, 5.41) is 0. The number of rotatable bonds is 12. The number of hydrogen-bond acceptors (Lipinski definition) is 3. The van der Waals surface area contributed by atoms with Crippen molar-refractivity contribution >= 4 is 0 Å². The third-order valence-electron chi connectivity index (χ3n) is 4.64. The standard InChI is InChI=1S/C23H34F2O3.C3H8/c1-7-9-19-10-12-20(13-11-19)28-15-17(4)27-14-16(3)21(8-2)23(25)22(24)18(5)26-6;1-3-2/h10-13,16-17H,7-9,14-15H2,1-6H3;3H2,1-2H3/b22-18-,23-21-;. The Bertz CT molecular complexity index is 666. The van der Waals surface area contributed by atoms with Gasteiger partial charge < -0.3 is 14.2 Å². The van der Waals surface area contributed by atoms with E-state index in [-0.39, 0.29) is 24.4 Å². The van der Waals surface area contributed by atoms with Gasteiger partial charge >= 0.3 is 0 Å². The fourth-order valence-corrected chi connectivity index (χ4v) is 2.82. The maximum atomic E-state index is 14.4. The van der Waals surface area contributed by atoms with Gasteiger partial charge in [-0.25, -0.2) is 8.78 Å². The lowest BCUT2D eigenvalue weighted by atomic mass is 9.98. The second-order valence-electron chi connectivity index (χ2n) is 7.72. The summed E-state index contributed by atoms with van der Waals surface area (Å²) in [6, 6.07) is 8.05. The zero-order valence-corrected chi connectivity index (χ0v) is 20.7. The number of allylic oxidation sites excluding steroid dienone is 3. The Balaban J connectivity index is 0.00000282. The first-order valence-electron chi connectivity index (χ1n) is 11.4. The minimum atomic E-state index is -0.950. The van der Waals surface area contributed by atoms with Crippen LogP contribution in [0.25, 0.3) is 0 Å². The van der Waals surface area contributed by atoms with Crippen LogP contribution in [0.4, 0.5) is 8.78 Å². The minimum absolute atomic E-state index is 0.0664. The van der Waals surface area contributed by atoms with Crippen LogP contribution in [0, 0.1) is 5.92 Å². The van der Waals surface area contributed by atoms with Gasteiger partial charge in [0.15, 0.2) is 11.7 Å². The lowest BCUT2D eigenvalue weighted by Gasteiger charge is -2.20. The third kappa shape index (κ3) is 11.3. The van der Waals surface area contributed by atoms with Crippen LogP contribution < -0.4 is 4.74 Å². The van der Waals surface area contributed by atoms with Crippen molar-refractivity contribution in [2.45, 2.75) is 80.3 Å². The lowest BCUT2D eigenvalue weighted by molar-refractivity contribution is 0.0199. The molecule has 178 valence electrons. The van der Waals surface area contributed by atoms with Crippen molar-refractivity contribution < 1.29 is 23.0 Å². The predicted octanol–water partition coefficient (Wildman–Crippen LogP) is 7.96. The van der Waals surface area contributed by atoms with E-state index in [0.717, 1.165) is 18.6 Å². The molecule has 0 aliphatic rings. The summed E-state index contributed by atoms with van der Waals surface area (Å²) in [5.74, 6) is -1.33. The Morgan fingerprint density at radius 2 is 1.52 bits per heavy atom. The Hall–Kier alpha value is -1.88. The average Bonchev–Trinajstić information content (AvgIpc) is 2.77. The molecule has 0 fully saturated rings. The Kier molecular flexibility index (Phi) is 15.8. The Morgan fingerprint density at radius 1 is 0.935 bits per heavy atom. The van der Waals surface area contributed by atoms with Gasteiger partial charge in [0.05, 0.1) is 19.8 Å². The van der Waals surface area contributed by atoms with Crippen LogP contribution in [-0.2, 0) is 15.9 Å². The van der Waals surface area contributed by atoms with Crippen molar-refractivity contribution in [3.8, 4) is 5.75 Å². The largest absolute Gasteiger partial charge is 0.498 e. The summed E-state index contributed by atoms with van der Waals surface area (Å²) >= 11 is 0. The summed E-state index contributed by atoms with van der Waals surface area (Å²) in [5.41, 5.74) is 1.67. The fourth-order valence-electron chi connectivity index (χ4n) is 2.82. The quantitative estimate of drug-likeness (QED) is 0.244. The zero-order valence-electron chi connectivity index (χ0n) is 20.7. The molecular weight excluding hydrogens is 398 g/mol. The predicted molar refractivity (Wildman–Crippen MR) is 126 cm³/mol. The molecule has 5 heteroatoms. The van der Waals surface area contributed by atoms with Crippen molar-refractivity contribution in [3.63, 3.8) is 0 Å². The van der Waals surface area contributed by atoms with Gasteiger partial charge in [0, 0.05) is 5.92 Å². The summed E-state index contributed by atoms with van der Waals surface area (Å²) in [6.45, 7) is 14.0. The van der Waals surface area contributed by atoms with Crippen LogP contribution >= 0.6 is 0 Å². The monoisotopic (exact) mass is 440 g/mol. The highest BCUT2D eigenvalue weighted by molar-refractivity contribution is 5.28. The fraction of sp³-hybridized carbons (Fsp3) is 0.615. The van der Waals surface area contributed by atoms with Crippen LogP contribution in [0.15, 0.2) is 47.3 Å². The van der Waals surface area contributed by atoms with E-state index >= 15 is 0 Å². The maximum absolute atomic E-state index is 14.4. The highest BCUT2D eigenvalue weighted by atomic mass is 19.2. The molecule has 0 aliphatic heterocycles. The minimum Gasteiger partial charge on any atom is -0.498 e. The van der Waals surface area contributed by atoms with Crippen molar-refractivity contribution in [3.05, 3.63) is 52.8 Å². The first kappa shape index (κ1) is 29.1. The van der Waals surface area contributed by atoms with E-state index in [2.05, 4.69) is 32.9 Å². The van der Waals surface area contributed by atoms with Gasteiger partial charge in [-0.2, -0.15) is 0 Å². The summed E-state index contributed by atoms with van der Waals surface area (Å²) in [6.07, 6.45) is 3.65. The molecule has 1 rings (SSSR count). The second kappa shape index (κ2) is 16.8. The van der Waals surface area contributed by atoms with Crippen LogP contribution in [0.2, 0.25) is 0 Å². The van der Waals surface area contributed by atoms with Gasteiger partial charge in [-0.1, -0.05) is 59.6 Å². The molecule has 0 heterocycles. The molecule has 0 bridgehead atoms. The molecule has 2 atom stereocenters. The molecule has 0 radical (unpaired) electrons. The van der Waals surface area contributed by atoms with Crippen molar-refractivity contribution in [2.75, 3.05) is 20.3 Å². The summed E-state index contributed by atoms with van der Waals surface area (Å²) in [4.78, 5) is 0. The molecule has 0 N–H and O–H groups in total. The molecule has 0 saturated carbocycles. The number of methoxy groups -OCH3 is 1. The normalized spacial score (nSPS) is 14.5. The maximum Gasteiger partial charge on any atom is 0.195 e. The van der Waals surface area contributed by atoms with E-state index < -0.39 is 11.7 Å². The highest BCUT2D eigenvalue weighted by Gasteiger charge is 2.19. The molecule has 0 aliphatic carbocycles. The van der Waals surface area contributed by atoms with E-state index in [9.17, 15) is 8.78 Å². The first-order chi connectivity index (χ1) is 14.7. The SMILES string of the molecule is CCC.CCCc1ccc(OCC(C)OCC(C)/C(CC)=C(F)/C(F)=C(\C)OC)cc1. The molecular formula is C26H42F2O3. The molecule has 3 nitrogen and oxygen atoms in total. The zero-order chi connectivity index (χ0) is 23.8. The summed E-state index contributed by atoms with van der Waals surface area (Å²) < 4.78 is 44.8. The second-order valence-corrected chi connectivity index (χ2v) is 7.72. The molecule has 0 amide bonds. The topological polar surface area (TPSA) is 27.7 Å². The van der Waals surface area contributed by atoms with Gasteiger partial charge in [0.1, 0.15) is 18.1 Å². The van der Waals surface area contributed by atoms with E-state index in [1.807, 2.05) is 26.0 Å². The average molecular weight is 441 g/mol. The number of benzene rings is 1. The van der Waals surface area contributed by atoms with Gasteiger partial charge in [-0.3, -0.25) is 0 Å². The Labute approximate surface area is 188 Å². The van der Waals surface area contributed by atoms with Gasteiger partial charge in [-0.15, -0.1) is 0 Å². The van der Waals surface area contributed by atoms with Gasteiger partial charge in [0.25, 0.3) is 0 Å². The number of aryl methyl sites for hydroxylation is 1. The number of halogens is 2. The van der Waals surface area contributed by atoms with E-state index in [1.165, 1.54) is 26.0 Å². The Morgan fingerprint density at radius 3 is 2.00 bits per heavy atom. The molecule has 0 spiro atoms. The van der Waals surface area contributed by atoms with Gasteiger partial charge in [0.2, 0.25) is 0 Å². The third-order valence-corrected chi connectivity index (χ3v) is 4.64. The smallest absolute Gasteiger partial charge is 0.195 e. The molecule has 1 aromatic rings. The van der Waals surface area contributed by atoms with Crippen molar-refractivity contribution in [2.24, 2.45) is 5.92 Å². The van der Waals surface area contributed by atoms with Crippen molar-refractivity contribution in [1.82, 2.24) is 0 Å². The number of hydrogen-bond donors (Lipinski definition) is 0. The van der Waals surface area contributed by atoms with Crippen LogP contribution in [0.5, 0.6) is 5.75 Å². The van der Waals surface area contributed by atoms with Gasteiger partial charge in [-0.05, 0) is 50.0 Å².